The van der Waals surface area contributed by atoms with E-state index in [0.29, 0.717) is 28.2 Å². The van der Waals surface area contributed by atoms with Crippen LogP contribution in [-0.4, -0.2) is 32.2 Å². The summed E-state index contributed by atoms with van der Waals surface area (Å²) in [6.07, 6.45) is 0.902. The van der Waals surface area contributed by atoms with Gasteiger partial charge in [-0.1, -0.05) is 43.3 Å². The number of imide groups is 1. The van der Waals surface area contributed by atoms with Crippen LogP contribution in [0.5, 0.6) is 0 Å². The third-order valence-corrected chi connectivity index (χ3v) is 5.74. The van der Waals surface area contributed by atoms with E-state index < -0.39 is 0 Å². The van der Waals surface area contributed by atoms with E-state index in [9.17, 15) is 14.4 Å². The topological polar surface area (TPSA) is 84.3 Å². The van der Waals surface area contributed by atoms with Gasteiger partial charge in [0.15, 0.2) is 0 Å². The molecule has 0 bridgehead atoms. The van der Waals surface area contributed by atoms with Gasteiger partial charge in [-0.05, 0) is 48.4 Å². The number of nitrogens with one attached hydrogen (secondary N) is 1. The van der Waals surface area contributed by atoms with E-state index in [1.807, 2.05) is 28.8 Å². The molecule has 0 unspecified atom stereocenters. The van der Waals surface area contributed by atoms with Crippen molar-refractivity contribution in [3.05, 3.63) is 95.1 Å². The van der Waals surface area contributed by atoms with E-state index in [-0.39, 0.29) is 24.3 Å². The Morgan fingerprint density at radius 1 is 0.909 bits per heavy atom. The zero-order chi connectivity index (χ0) is 22.9. The largest absolute Gasteiger partial charge is 0.310 e. The smallest absolute Gasteiger partial charge is 0.261 e. The highest BCUT2D eigenvalue weighted by atomic mass is 16.2. The van der Waals surface area contributed by atoms with Crippen molar-refractivity contribution in [2.24, 2.45) is 0 Å². The normalized spacial score (nSPS) is 12.9. The van der Waals surface area contributed by atoms with Crippen LogP contribution >= 0.6 is 0 Å². The van der Waals surface area contributed by atoms with Crippen molar-refractivity contribution in [3.63, 3.8) is 0 Å². The molecule has 1 N–H and O–H groups in total. The van der Waals surface area contributed by atoms with Crippen LogP contribution in [0, 0.1) is 0 Å². The van der Waals surface area contributed by atoms with Crippen molar-refractivity contribution in [3.8, 4) is 0 Å². The molecular formula is C26H22N4O3. The van der Waals surface area contributed by atoms with E-state index in [1.54, 1.807) is 48.5 Å². The molecule has 1 aliphatic rings. The molecule has 33 heavy (non-hydrogen) atoms. The number of imidazole rings is 1. The number of carbonyl (C=O) groups excluding carboxylic acids is 3. The first-order valence-corrected chi connectivity index (χ1v) is 10.9. The monoisotopic (exact) mass is 438 g/mol. The molecular weight excluding hydrogens is 416 g/mol. The van der Waals surface area contributed by atoms with Crippen molar-refractivity contribution in [1.82, 2.24) is 14.5 Å². The van der Waals surface area contributed by atoms with Gasteiger partial charge >= 0.3 is 0 Å². The minimum absolute atomic E-state index is 0.0990. The van der Waals surface area contributed by atoms with Crippen molar-refractivity contribution in [1.29, 1.82) is 0 Å². The summed E-state index contributed by atoms with van der Waals surface area (Å²) < 4.78 is 2.00. The molecule has 3 amide bonds. The highest BCUT2D eigenvalue weighted by Crippen LogP contribution is 2.25. The Hall–Kier alpha value is -4.26. The van der Waals surface area contributed by atoms with E-state index in [4.69, 9.17) is 0 Å². The van der Waals surface area contributed by atoms with Crippen molar-refractivity contribution >= 4 is 34.7 Å². The molecule has 164 valence electrons. The lowest BCUT2D eigenvalue weighted by Gasteiger charge is -2.14. The van der Waals surface area contributed by atoms with E-state index in [2.05, 4.69) is 17.2 Å². The number of aromatic nitrogens is 2. The number of hydrogen-bond acceptors (Lipinski definition) is 4. The van der Waals surface area contributed by atoms with Gasteiger partial charge in [0, 0.05) is 12.1 Å². The van der Waals surface area contributed by atoms with E-state index >= 15 is 0 Å². The second-order valence-electron chi connectivity index (χ2n) is 7.97. The molecule has 7 nitrogen and oxygen atoms in total. The summed E-state index contributed by atoms with van der Waals surface area (Å²) in [5.74, 6) is -0.446. The molecule has 0 fully saturated rings. The lowest BCUT2D eigenvalue weighted by Crippen LogP contribution is -2.29. The summed E-state index contributed by atoms with van der Waals surface area (Å²) in [5, 5.41) is 2.92. The minimum atomic E-state index is -0.321. The Bertz CT molecular complexity index is 1370. The summed E-state index contributed by atoms with van der Waals surface area (Å²) >= 11 is 0. The third-order valence-electron chi connectivity index (χ3n) is 5.74. The zero-order valence-corrected chi connectivity index (χ0v) is 18.1. The number of nitrogens with zero attached hydrogens (tertiary/aromatic N) is 3. The van der Waals surface area contributed by atoms with Gasteiger partial charge in [-0.3, -0.25) is 24.6 Å². The van der Waals surface area contributed by atoms with Gasteiger partial charge < -0.3 is 4.57 Å². The van der Waals surface area contributed by atoms with Gasteiger partial charge in [-0.25, -0.2) is 4.98 Å². The molecule has 1 aliphatic heterocycles. The number of anilines is 1. The number of aryl methyl sites for hydroxylation is 1. The molecule has 7 heteroatoms. The highest BCUT2D eigenvalue weighted by Gasteiger charge is 2.35. The van der Waals surface area contributed by atoms with Crippen molar-refractivity contribution in [2.75, 3.05) is 5.32 Å². The number of hydrogen-bond donors (Lipinski definition) is 1. The third kappa shape index (κ3) is 3.67. The van der Waals surface area contributed by atoms with Gasteiger partial charge in [0.25, 0.3) is 17.7 Å². The standard InChI is InChI=1S/C26H22N4O3/c1-2-14-29-22-13-6-5-12-21(22)27-26(29)28-23(31)18-9-7-8-17(15-18)16-30-24(32)19-10-3-4-11-20(19)25(30)33/h3-13,15H,2,14,16H2,1H3,(H,27,28,31). The maximum Gasteiger partial charge on any atom is 0.261 e. The first-order chi connectivity index (χ1) is 16.1. The number of para-hydroxylation sites is 2. The van der Waals surface area contributed by atoms with Crippen LogP contribution in [0.4, 0.5) is 5.95 Å². The quantitative estimate of drug-likeness (QED) is 0.450. The van der Waals surface area contributed by atoms with Crippen LogP contribution in [0.1, 0.15) is 50.0 Å². The number of fused-ring (bicyclic) bond motifs is 2. The van der Waals surface area contributed by atoms with E-state index in [1.165, 1.54) is 4.90 Å². The van der Waals surface area contributed by atoms with Gasteiger partial charge in [0.05, 0.1) is 28.7 Å². The Morgan fingerprint density at radius 2 is 1.61 bits per heavy atom. The number of amides is 3. The predicted octanol–water partition coefficient (Wildman–Crippen LogP) is 4.49. The molecule has 3 aromatic carbocycles. The SMILES string of the molecule is CCCn1c(NC(=O)c2cccc(CN3C(=O)c4ccccc4C3=O)c2)nc2ccccc21. The first-order valence-electron chi connectivity index (χ1n) is 10.9. The van der Waals surface area contributed by atoms with Gasteiger partial charge in [-0.15, -0.1) is 0 Å². The molecule has 0 radical (unpaired) electrons. The van der Waals surface area contributed by atoms with Gasteiger partial charge in [-0.2, -0.15) is 0 Å². The summed E-state index contributed by atoms with van der Waals surface area (Å²) in [6, 6.07) is 21.5. The van der Waals surface area contributed by atoms with Crippen molar-refractivity contribution in [2.45, 2.75) is 26.4 Å². The Balaban J connectivity index is 1.38. The Labute approximate surface area is 190 Å². The van der Waals surface area contributed by atoms with E-state index in [0.717, 1.165) is 24.0 Å². The molecule has 0 spiro atoms. The number of benzene rings is 3. The van der Waals surface area contributed by atoms with Crippen LogP contribution in [0.2, 0.25) is 0 Å². The predicted molar refractivity (Wildman–Crippen MR) is 125 cm³/mol. The lowest BCUT2D eigenvalue weighted by molar-refractivity contribution is 0.0642. The Morgan fingerprint density at radius 3 is 2.33 bits per heavy atom. The van der Waals surface area contributed by atoms with Crippen LogP contribution in [0.15, 0.2) is 72.8 Å². The zero-order valence-electron chi connectivity index (χ0n) is 18.1. The fraction of sp³-hybridized carbons (Fsp3) is 0.154. The average Bonchev–Trinajstić information content (AvgIpc) is 3.30. The Kier molecular flexibility index (Phi) is 5.22. The van der Waals surface area contributed by atoms with Crippen LogP contribution in [-0.2, 0) is 13.1 Å². The molecule has 0 saturated carbocycles. The summed E-state index contributed by atoms with van der Waals surface area (Å²) in [5.41, 5.74) is 3.73. The van der Waals surface area contributed by atoms with Crippen LogP contribution in [0.25, 0.3) is 11.0 Å². The summed E-state index contributed by atoms with van der Waals surface area (Å²) in [6.45, 7) is 2.90. The molecule has 0 saturated heterocycles. The second-order valence-corrected chi connectivity index (χ2v) is 7.97. The molecule has 0 aliphatic carbocycles. The number of carbonyl (C=O) groups is 3. The number of rotatable bonds is 6. The maximum absolute atomic E-state index is 13.0. The molecule has 5 rings (SSSR count). The highest BCUT2D eigenvalue weighted by molar-refractivity contribution is 6.21. The summed E-state index contributed by atoms with van der Waals surface area (Å²) in [7, 11) is 0. The first kappa shape index (κ1) is 20.6. The fourth-order valence-corrected chi connectivity index (χ4v) is 4.17. The van der Waals surface area contributed by atoms with Gasteiger partial charge in [0.2, 0.25) is 5.95 Å². The van der Waals surface area contributed by atoms with Crippen LogP contribution < -0.4 is 5.32 Å². The average molecular weight is 438 g/mol. The molecule has 4 aromatic rings. The maximum atomic E-state index is 13.0. The summed E-state index contributed by atoms with van der Waals surface area (Å²) in [4.78, 5) is 44.2. The minimum Gasteiger partial charge on any atom is -0.310 e. The second kappa shape index (κ2) is 8.35. The molecule has 0 atom stereocenters. The lowest BCUT2D eigenvalue weighted by atomic mass is 10.1. The molecule has 1 aromatic heterocycles. The van der Waals surface area contributed by atoms with Crippen LogP contribution in [0.3, 0.4) is 0 Å². The van der Waals surface area contributed by atoms with Gasteiger partial charge in [0.1, 0.15) is 0 Å². The fourth-order valence-electron chi connectivity index (χ4n) is 4.17. The molecule has 2 heterocycles. The van der Waals surface area contributed by atoms with Crippen molar-refractivity contribution < 1.29 is 14.4 Å².